The molecule has 0 radical (unpaired) electrons. The maximum atomic E-state index is 9.60. The monoisotopic (exact) mass is 214 g/mol. The molecule has 0 aliphatic carbocycles. The van der Waals surface area contributed by atoms with Crippen LogP contribution in [0, 0.1) is 0 Å². The van der Waals surface area contributed by atoms with E-state index in [9.17, 15) is 5.11 Å². The number of aliphatic hydroxyl groups excluding tert-OH is 1. The van der Waals surface area contributed by atoms with Gasteiger partial charge in [0.2, 0.25) is 0 Å². The van der Waals surface area contributed by atoms with E-state index < -0.39 is 6.10 Å². The Labute approximate surface area is 95.1 Å². The molecule has 0 spiro atoms. The number of para-hydroxylation sites is 2. The Bertz CT molecular complexity index is 449. The van der Waals surface area contributed by atoms with Crippen LogP contribution >= 0.6 is 0 Å². The first-order valence-electron chi connectivity index (χ1n) is 5.27. The molecule has 0 unspecified atom stereocenters. The molecule has 2 rings (SSSR count). The van der Waals surface area contributed by atoms with E-state index in [2.05, 4.69) is 0 Å². The van der Waals surface area contributed by atoms with E-state index in [0.717, 1.165) is 11.3 Å². The molecule has 1 N–H and O–H groups in total. The summed E-state index contributed by atoms with van der Waals surface area (Å²) in [6.07, 6.45) is -0.528. The van der Waals surface area contributed by atoms with Gasteiger partial charge in [0.05, 0.1) is 6.10 Å². The predicted octanol–water partition coefficient (Wildman–Crippen LogP) is 3.53. The fourth-order valence-corrected chi connectivity index (χ4v) is 1.53. The van der Waals surface area contributed by atoms with Gasteiger partial charge in [-0.3, -0.25) is 0 Å². The van der Waals surface area contributed by atoms with Gasteiger partial charge in [-0.15, -0.1) is 0 Å². The topological polar surface area (TPSA) is 29.5 Å². The maximum Gasteiger partial charge on any atom is 0.133 e. The van der Waals surface area contributed by atoms with Crippen molar-refractivity contribution < 1.29 is 9.84 Å². The lowest BCUT2D eigenvalue weighted by Gasteiger charge is -2.12. The Hall–Kier alpha value is -1.80. The van der Waals surface area contributed by atoms with Crippen molar-refractivity contribution in [3.8, 4) is 11.5 Å². The lowest BCUT2D eigenvalue weighted by atomic mass is 10.1. The third kappa shape index (κ3) is 2.41. The first-order chi connectivity index (χ1) is 7.77. The largest absolute Gasteiger partial charge is 0.457 e. The van der Waals surface area contributed by atoms with Crippen molar-refractivity contribution in [3.05, 3.63) is 60.2 Å². The number of ether oxygens (including phenoxy) is 1. The molecule has 0 aliphatic rings. The van der Waals surface area contributed by atoms with Crippen molar-refractivity contribution in [2.75, 3.05) is 0 Å². The van der Waals surface area contributed by atoms with E-state index in [0.29, 0.717) is 5.75 Å². The zero-order valence-corrected chi connectivity index (χ0v) is 9.13. The van der Waals surface area contributed by atoms with Gasteiger partial charge in [-0.05, 0) is 25.1 Å². The summed E-state index contributed by atoms with van der Waals surface area (Å²) in [6.45, 7) is 1.73. The van der Waals surface area contributed by atoms with Gasteiger partial charge in [0.25, 0.3) is 0 Å². The quantitative estimate of drug-likeness (QED) is 0.846. The van der Waals surface area contributed by atoms with Crippen LogP contribution in [0.5, 0.6) is 11.5 Å². The fraction of sp³-hybridized carbons (Fsp3) is 0.143. The average molecular weight is 214 g/mol. The van der Waals surface area contributed by atoms with Crippen LogP contribution in [0.1, 0.15) is 18.6 Å². The minimum absolute atomic E-state index is 0.528. The minimum atomic E-state index is -0.528. The van der Waals surface area contributed by atoms with Crippen LogP contribution < -0.4 is 4.74 Å². The second kappa shape index (κ2) is 4.81. The van der Waals surface area contributed by atoms with Gasteiger partial charge in [-0.2, -0.15) is 0 Å². The number of aliphatic hydroxyl groups is 1. The molecule has 0 fully saturated rings. The van der Waals surface area contributed by atoms with Gasteiger partial charge in [-0.25, -0.2) is 0 Å². The average Bonchev–Trinajstić information content (AvgIpc) is 2.31. The van der Waals surface area contributed by atoms with Gasteiger partial charge in [-0.1, -0.05) is 36.4 Å². The summed E-state index contributed by atoms with van der Waals surface area (Å²) in [5, 5.41) is 9.60. The second-order valence-electron chi connectivity index (χ2n) is 3.63. The van der Waals surface area contributed by atoms with E-state index in [-0.39, 0.29) is 0 Å². The zero-order chi connectivity index (χ0) is 11.4. The van der Waals surface area contributed by atoms with Crippen molar-refractivity contribution in [2.45, 2.75) is 13.0 Å². The summed E-state index contributed by atoms with van der Waals surface area (Å²) in [5.41, 5.74) is 0.798. The molecule has 0 aromatic heterocycles. The van der Waals surface area contributed by atoms with Gasteiger partial charge >= 0.3 is 0 Å². The molecule has 2 aromatic carbocycles. The highest BCUT2D eigenvalue weighted by molar-refractivity contribution is 5.38. The number of rotatable bonds is 3. The number of hydrogen-bond donors (Lipinski definition) is 1. The van der Waals surface area contributed by atoms with Crippen molar-refractivity contribution in [2.24, 2.45) is 0 Å². The summed E-state index contributed by atoms with van der Waals surface area (Å²) in [7, 11) is 0. The normalized spacial score (nSPS) is 12.1. The zero-order valence-electron chi connectivity index (χ0n) is 9.13. The molecule has 0 bridgehead atoms. The Kier molecular flexibility index (Phi) is 3.22. The standard InChI is InChI=1S/C14H14O2/c1-11(15)13-9-5-6-10-14(13)16-12-7-3-2-4-8-12/h2-11,15H,1H3/t11-/m1/s1. The van der Waals surface area contributed by atoms with Crippen molar-refractivity contribution in [1.29, 1.82) is 0 Å². The summed E-state index contributed by atoms with van der Waals surface area (Å²) < 4.78 is 5.71. The minimum Gasteiger partial charge on any atom is -0.457 e. The van der Waals surface area contributed by atoms with Gasteiger partial charge < -0.3 is 9.84 Å². The molecule has 0 saturated carbocycles. The molecule has 0 amide bonds. The van der Waals surface area contributed by atoms with Crippen LogP contribution in [0.4, 0.5) is 0 Å². The Balaban J connectivity index is 2.28. The Morgan fingerprint density at radius 2 is 1.56 bits per heavy atom. The SMILES string of the molecule is C[C@@H](O)c1ccccc1Oc1ccccc1. The van der Waals surface area contributed by atoms with E-state index in [1.807, 2.05) is 54.6 Å². The van der Waals surface area contributed by atoms with E-state index in [1.54, 1.807) is 6.92 Å². The van der Waals surface area contributed by atoms with Crippen molar-refractivity contribution in [1.82, 2.24) is 0 Å². The molecule has 0 saturated heterocycles. The maximum absolute atomic E-state index is 9.60. The summed E-state index contributed by atoms with van der Waals surface area (Å²) in [5.74, 6) is 1.47. The van der Waals surface area contributed by atoms with Crippen LogP contribution in [0.25, 0.3) is 0 Å². The molecular weight excluding hydrogens is 200 g/mol. The molecule has 0 heterocycles. The lowest BCUT2D eigenvalue weighted by Crippen LogP contribution is -1.95. The molecular formula is C14H14O2. The van der Waals surface area contributed by atoms with Gasteiger partial charge in [0.15, 0.2) is 0 Å². The second-order valence-corrected chi connectivity index (χ2v) is 3.63. The van der Waals surface area contributed by atoms with Crippen molar-refractivity contribution in [3.63, 3.8) is 0 Å². The Morgan fingerprint density at radius 1 is 0.938 bits per heavy atom. The van der Waals surface area contributed by atoms with Crippen LogP contribution in [0.3, 0.4) is 0 Å². The molecule has 2 aromatic rings. The fourth-order valence-electron chi connectivity index (χ4n) is 1.53. The molecule has 0 aliphatic heterocycles. The molecule has 2 heteroatoms. The van der Waals surface area contributed by atoms with Gasteiger partial charge in [0.1, 0.15) is 11.5 Å². The van der Waals surface area contributed by atoms with Crippen LogP contribution in [-0.4, -0.2) is 5.11 Å². The molecule has 16 heavy (non-hydrogen) atoms. The highest BCUT2D eigenvalue weighted by Crippen LogP contribution is 2.28. The summed E-state index contributed by atoms with van der Waals surface area (Å²) >= 11 is 0. The van der Waals surface area contributed by atoms with Crippen LogP contribution in [0.15, 0.2) is 54.6 Å². The summed E-state index contributed by atoms with van der Waals surface area (Å²) in [4.78, 5) is 0. The third-order valence-electron chi connectivity index (χ3n) is 2.34. The highest BCUT2D eigenvalue weighted by atomic mass is 16.5. The first kappa shape index (κ1) is 10.7. The Morgan fingerprint density at radius 3 is 2.25 bits per heavy atom. The van der Waals surface area contributed by atoms with E-state index >= 15 is 0 Å². The van der Waals surface area contributed by atoms with Crippen molar-refractivity contribution >= 4 is 0 Å². The van der Waals surface area contributed by atoms with Gasteiger partial charge in [0, 0.05) is 5.56 Å². The van der Waals surface area contributed by atoms with Crippen LogP contribution in [-0.2, 0) is 0 Å². The number of benzene rings is 2. The predicted molar refractivity (Wildman–Crippen MR) is 63.6 cm³/mol. The summed E-state index contributed by atoms with van der Waals surface area (Å²) in [6, 6.07) is 17.0. The third-order valence-corrected chi connectivity index (χ3v) is 2.34. The highest BCUT2D eigenvalue weighted by Gasteiger charge is 2.08. The lowest BCUT2D eigenvalue weighted by molar-refractivity contribution is 0.195. The van der Waals surface area contributed by atoms with E-state index in [4.69, 9.17) is 4.74 Å². The molecule has 1 atom stereocenters. The first-order valence-corrected chi connectivity index (χ1v) is 5.27. The van der Waals surface area contributed by atoms with Crippen LogP contribution in [0.2, 0.25) is 0 Å². The smallest absolute Gasteiger partial charge is 0.133 e. The molecule has 2 nitrogen and oxygen atoms in total. The molecule has 82 valence electrons. The number of hydrogen-bond acceptors (Lipinski definition) is 2. The van der Waals surface area contributed by atoms with E-state index in [1.165, 1.54) is 0 Å².